The van der Waals surface area contributed by atoms with Crippen molar-refractivity contribution < 1.29 is 0 Å². The van der Waals surface area contributed by atoms with Gasteiger partial charge in [0.1, 0.15) is 12.7 Å². The van der Waals surface area contributed by atoms with Gasteiger partial charge in [0.05, 0.1) is 0 Å². The quantitative estimate of drug-likeness (QED) is 0.436. The lowest BCUT2D eigenvalue weighted by Gasteiger charge is -2.44. The van der Waals surface area contributed by atoms with Gasteiger partial charge < -0.3 is 0 Å². The van der Waals surface area contributed by atoms with E-state index >= 15 is 0 Å². The third-order valence-corrected chi connectivity index (χ3v) is 11.7. The van der Waals surface area contributed by atoms with Gasteiger partial charge in [0, 0.05) is 6.20 Å². The fourth-order valence-electron chi connectivity index (χ4n) is 3.76. The van der Waals surface area contributed by atoms with Crippen molar-refractivity contribution in [2.75, 3.05) is 0 Å². The van der Waals surface area contributed by atoms with Gasteiger partial charge in [-0.2, -0.15) is 0 Å². The maximum absolute atomic E-state index is 4.47. The molecule has 3 aromatic rings. The zero-order valence-electron chi connectivity index (χ0n) is 15.0. The van der Waals surface area contributed by atoms with E-state index in [4.69, 9.17) is 0 Å². The number of nitrogens with zero attached hydrogens (tertiary/aromatic N) is 1. The number of aromatic nitrogens is 1. The summed E-state index contributed by atoms with van der Waals surface area (Å²) in [5.74, 6) is 0. The molecular weight excluding hydrogens is 386 g/mol. The SMILES string of the molecule is CC(C)(C)[Si](Cc1ccc(Br)nc1)(c1ccccc1)c1ccccc1. The molecule has 2 aromatic carbocycles. The van der Waals surface area contributed by atoms with Crippen LogP contribution in [0.1, 0.15) is 26.3 Å². The van der Waals surface area contributed by atoms with Gasteiger partial charge in [0.25, 0.3) is 0 Å². The molecule has 0 aliphatic rings. The second-order valence-electron chi connectivity index (χ2n) is 7.55. The Hall–Kier alpha value is -1.71. The van der Waals surface area contributed by atoms with E-state index in [0.717, 1.165) is 10.6 Å². The van der Waals surface area contributed by atoms with Crippen LogP contribution in [0.2, 0.25) is 5.04 Å². The van der Waals surface area contributed by atoms with Crippen LogP contribution < -0.4 is 10.4 Å². The molecule has 0 fully saturated rings. The van der Waals surface area contributed by atoms with Crippen LogP contribution in [-0.4, -0.2) is 13.1 Å². The standard InChI is InChI=1S/C22H24BrNSi/c1-22(2,3)25(19-10-6-4-7-11-19,20-12-8-5-9-13-20)17-18-14-15-21(23)24-16-18/h4-16H,17H2,1-3H3. The summed E-state index contributed by atoms with van der Waals surface area (Å²) >= 11 is 3.45. The molecule has 0 saturated heterocycles. The van der Waals surface area contributed by atoms with Crippen molar-refractivity contribution in [2.24, 2.45) is 0 Å². The minimum atomic E-state index is -2.06. The predicted molar refractivity (Wildman–Crippen MR) is 113 cm³/mol. The highest BCUT2D eigenvalue weighted by atomic mass is 79.9. The van der Waals surface area contributed by atoms with E-state index in [-0.39, 0.29) is 5.04 Å². The molecule has 1 nitrogen and oxygen atoms in total. The van der Waals surface area contributed by atoms with Crippen molar-refractivity contribution >= 4 is 34.4 Å². The maximum atomic E-state index is 4.47. The van der Waals surface area contributed by atoms with Crippen LogP contribution >= 0.6 is 15.9 Å². The Morgan fingerprint density at radius 2 is 1.32 bits per heavy atom. The second kappa shape index (κ2) is 7.26. The van der Waals surface area contributed by atoms with Gasteiger partial charge in [0.15, 0.2) is 0 Å². The van der Waals surface area contributed by atoms with Gasteiger partial charge in [0.2, 0.25) is 0 Å². The van der Waals surface area contributed by atoms with E-state index in [1.165, 1.54) is 15.9 Å². The predicted octanol–water partition coefficient (Wildman–Crippen LogP) is 4.99. The molecule has 128 valence electrons. The molecule has 1 aromatic heterocycles. The van der Waals surface area contributed by atoms with E-state index in [0.29, 0.717) is 0 Å². The highest BCUT2D eigenvalue weighted by Gasteiger charge is 2.47. The smallest absolute Gasteiger partial charge is 0.127 e. The molecule has 3 heteroatoms. The molecule has 0 saturated carbocycles. The Morgan fingerprint density at radius 3 is 1.72 bits per heavy atom. The molecule has 0 aliphatic carbocycles. The lowest BCUT2D eigenvalue weighted by atomic mass is 10.2. The molecule has 0 N–H and O–H groups in total. The number of benzene rings is 2. The van der Waals surface area contributed by atoms with E-state index in [1.54, 1.807) is 0 Å². The monoisotopic (exact) mass is 409 g/mol. The first kappa shape index (κ1) is 18.1. The van der Waals surface area contributed by atoms with Crippen molar-refractivity contribution in [3.05, 3.63) is 89.2 Å². The average Bonchev–Trinajstić information content (AvgIpc) is 2.62. The van der Waals surface area contributed by atoms with Crippen LogP contribution in [0, 0.1) is 0 Å². The van der Waals surface area contributed by atoms with Crippen molar-refractivity contribution in [1.82, 2.24) is 4.98 Å². The largest absolute Gasteiger partial charge is 0.249 e. The van der Waals surface area contributed by atoms with Crippen molar-refractivity contribution in [1.29, 1.82) is 0 Å². The molecule has 0 bridgehead atoms. The van der Waals surface area contributed by atoms with Gasteiger partial charge in [-0.1, -0.05) is 97.9 Å². The first-order chi connectivity index (χ1) is 11.9. The normalized spacial score (nSPS) is 12.2. The first-order valence-electron chi connectivity index (χ1n) is 8.65. The molecule has 0 spiro atoms. The van der Waals surface area contributed by atoms with Gasteiger partial charge >= 0.3 is 0 Å². The summed E-state index contributed by atoms with van der Waals surface area (Å²) in [5.41, 5.74) is 1.30. The van der Waals surface area contributed by atoms with Crippen molar-refractivity contribution in [3.63, 3.8) is 0 Å². The van der Waals surface area contributed by atoms with E-state index in [2.05, 4.69) is 108 Å². The van der Waals surface area contributed by atoms with Crippen molar-refractivity contribution in [3.8, 4) is 0 Å². The number of hydrogen-bond acceptors (Lipinski definition) is 1. The lowest BCUT2D eigenvalue weighted by molar-refractivity contribution is 0.725. The number of halogens is 1. The number of pyridine rings is 1. The van der Waals surface area contributed by atoms with Gasteiger partial charge in [-0.25, -0.2) is 4.98 Å². The number of hydrogen-bond donors (Lipinski definition) is 0. The molecule has 0 radical (unpaired) electrons. The van der Waals surface area contributed by atoms with Crippen LogP contribution in [0.25, 0.3) is 0 Å². The summed E-state index contributed by atoms with van der Waals surface area (Å²) < 4.78 is 0.888. The highest BCUT2D eigenvalue weighted by Crippen LogP contribution is 2.38. The molecule has 0 amide bonds. The Kier molecular flexibility index (Phi) is 5.26. The minimum Gasteiger partial charge on any atom is -0.249 e. The first-order valence-corrected chi connectivity index (χ1v) is 11.6. The molecule has 0 aliphatic heterocycles. The summed E-state index contributed by atoms with van der Waals surface area (Å²) in [7, 11) is -2.06. The zero-order valence-corrected chi connectivity index (χ0v) is 17.6. The third kappa shape index (κ3) is 3.63. The summed E-state index contributed by atoms with van der Waals surface area (Å²) in [6.45, 7) is 7.18. The Labute approximate surface area is 160 Å². The summed E-state index contributed by atoms with van der Waals surface area (Å²) in [6.07, 6.45) is 2.02. The van der Waals surface area contributed by atoms with Crippen LogP contribution in [0.5, 0.6) is 0 Å². The Morgan fingerprint density at radius 1 is 0.800 bits per heavy atom. The number of rotatable bonds is 4. The molecule has 25 heavy (non-hydrogen) atoms. The molecular formula is C22H24BrNSi. The van der Waals surface area contributed by atoms with Gasteiger partial charge in [-0.3, -0.25) is 0 Å². The summed E-state index contributed by atoms with van der Waals surface area (Å²) in [6, 6.07) is 27.5. The van der Waals surface area contributed by atoms with Crippen LogP contribution in [0.4, 0.5) is 0 Å². The third-order valence-electron chi connectivity index (χ3n) is 5.07. The Balaban J connectivity index is 2.23. The van der Waals surface area contributed by atoms with Gasteiger partial charge in [-0.15, -0.1) is 0 Å². The topological polar surface area (TPSA) is 12.9 Å². The fourth-order valence-corrected chi connectivity index (χ4v) is 9.35. The van der Waals surface area contributed by atoms with Gasteiger partial charge in [-0.05, 0) is 38.6 Å². The molecule has 0 unspecified atom stereocenters. The van der Waals surface area contributed by atoms with E-state index in [1.807, 2.05) is 12.3 Å². The van der Waals surface area contributed by atoms with E-state index in [9.17, 15) is 0 Å². The molecule has 3 rings (SSSR count). The van der Waals surface area contributed by atoms with Crippen LogP contribution in [0.15, 0.2) is 83.6 Å². The summed E-state index contributed by atoms with van der Waals surface area (Å²) in [5, 5.41) is 3.14. The molecule has 1 heterocycles. The Bertz CT molecular complexity index is 769. The van der Waals surface area contributed by atoms with Crippen molar-refractivity contribution in [2.45, 2.75) is 31.9 Å². The van der Waals surface area contributed by atoms with Crippen LogP contribution in [-0.2, 0) is 6.04 Å². The van der Waals surface area contributed by atoms with Crippen LogP contribution in [0.3, 0.4) is 0 Å². The second-order valence-corrected chi connectivity index (χ2v) is 13.2. The average molecular weight is 410 g/mol. The highest BCUT2D eigenvalue weighted by molar-refractivity contribution is 9.10. The van der Waals surface area contributed by atoms with E-state index < -0.39 is 8.07 Å². The molecule has 0 atom stereocenters. The maximum Gasteiger partial charge on any atom is 0.127 e. The minimum absolute atomic E-state index is 0.169. The lowest BCUT2D eigenvalue weighted by Crippen LogP contribution is -2.66. The summed E-state index contributed by atoms with van der Waals surface area (Å²) in [4.78, 5) is 4.47. The fraction of sp³-hybridized carbons (Fsp3) is 0.227. The zero-order chi connectivity index (χ0) is 17.9.